The van der Waals surface area contributed by atoms with Gasteiger partial charge < -0.3 is 5.32 Å². The maximum Gasteiger partial charge on any atom is 0.00103 e. The van der Waals surface area contributed by atoms with Gasteiger partial charge in [0, 0.05) is 6.04 Å². The van der Waals surface area contributed by atoms with Crippen LogP contribution in [0, 0.1) is 20.8 Å². The van der Waals surface area contributed by atoms with E-state index in [0.717, 1.165) is 6.54 Å². The molecule has 1 heteroatoms. The van der Waals surface area contributed by atoms with Gasteiger partial charge >= 0.3 is 0 Å². The van der Waals surface area contributed by atoms with Crippen molar-refractivity contribution in [2.75, 3.05) is 6.54 Å². The van der Waals surface area contributed by atoms with Gasteiger partial charge in [0.15, 0.2) is 0 Å². The molecule has 0 unspecified atom stereocenters. The number of hydrogen-bond donors (Lipinski definition) is 1. The summed E-state index contributed by atoms with van der Waals surface area (Å²) < 4.78 is 0. The molecule has 0 heterocycles. The van der Waals surface area contributed by atoms with Crippen molar-refractivity contribution in [2.45, 2.75) is 66.3 Å². The molecule has 0 spiro atoms. The zero-order chi connectivity index (χ0) is 13.9. The molecular formula is C17H29N. The zero-order valence-corrected chi connectivity index (χ0v) is 13.1. The van der Waals surface area contributed by atoms with Crippen LogP contribution in [-0.2, 0) is 5.41 Å². The van der Waals surface area contributed by atoms with E-state index < -0.39 is 0 Å². The smallest absolute Gasteiger partial charge is 0.00103 e. The van der Waals surface area contributed by atoms with Crippen LogP contribution in [0.15, 0.2) is 12.1 Å². The van der Waals surface area contributed by atoms with Gasteiger partial charge in [-0.25, -0.2) is 0 Å². The first kappa shape index (κ1) is 15.2. The van der Waals surface area contributed by atoms with Crippen molar-refractivity contribution in [1.82, 2.24) is 5.32 Å². The van der Waals surface area contributed by atoms with E-state index in [1.807, 2.05) is 0 Å². The summed E-state index contributed by atoms with van der Waals surface area (Å²) >= 11 is 0. The van der Waals surface area contributed by atoms with Crippen LogP contribution in [0.3, 0.4) is 0 Å². The third-order valence-corrected chi connectivity index (χ3v) is 3.87. The minimum Gasteiger partial charge on any atom is -0.315 e. The number of hydrogen-bond acceptors (Lipinski definition) is 1. The van der Waals surface area contributed by atoms with Gasteiger partial charge in [0.2, 0.25) is 0 Å². The highest BCUT2D eigenvalue weighted by Crippen LogP contribution is 2.31. The Labute approximate surface area is 113 Å². The molecule has 1 nitrogen and oxygen atoms in total. The van der Waals surface area contributed by atoms with Crippen molar-refractivity contribution in [2.24, 2.45) is 0 Å². The molecule has 0 aliphatic heterocycles. The normalized spacial score (nSPS) is 12.2. The van der Waals surface area contributed by atoms with E-state index in [1.165, 1.54) is 28.7 Å². The van der Waals surface area contributed by atoms with Crippen LogP contribution in [0.25, 0.3) is 0 Å². The van der Waals surface area contributed by atoms with Gasteiger partial charge in [-0.2, -0.15) is 0 Å². The molecule has 0 amide bonds. The molecule has 0 fully saturated rings. The predicted octanol–water partition coefficient (Wildman–Crippen LogP) is 4.28. The standard InChI is InChI=1S/C17H29N/c1-12(2)18-9-8-17(6,7)16-11-14(4)13(3)10-15(16)5/h10-12,18H,8-9H2,1-7H3. The van der Waals surface area contributed by atoms with Crippen LogP contribution in [0.4, 0.5) is 0 Å². The Balaban J connectivity index is 2.87. The lowest BCUT2D eigenvalue weighted by molar-refractivity contribution is 0.439. The van der Waals surface area contributed by atoms with E-state index >= 15 is 0 Å². The fourth-order valence-corrected chi connectivity index (χ4v) is 2.50. The number of rotatable bonds is 5. The van der Waals surface area contributed by atoms with E-state index in [1.54, 1.807) is 0 Å². The van der Waals surface area contributed by atoms with Crippen LogP contribution in [-0.4, -0.2) is 12.6 Å². The Bertz CT molecular complexity index is 402. The molecule has 0 saturated heterocycles. The molecule has 0 aromatic heterocycles. The van der Waals surface area contributed by atoms with Crippen LogP contribution in [0.2, 0.25) is 0 Å². The fraction of sp³-hybridized carbons (Fsp3) is 0.647. The number of nitrogens with one attached hydrogen (secondary N) is 1. The lowest BCUT2D eigenvalue weighted by Crippen LogP contribution is -2.30. The Hall–Kier alpha value is -0.820. The summed E-state index contributed by atoms with van der Waals surface area (Å²) in [6.07, 6.45) is 1.18. The van der Waals surface area contributed by atoms with E-state index in [2.05, 4.69) is 65.9 Å². The molecule has 0 aliphatic carbocycles. The summed E-state index contributed by atoms with van der Waals surface area (Å²) in [7, 11) is 0. The molecule has 0 bridgehead atoms. The average molecular weight is 247 g/mol. The van der Waals surface area contributed by atoms with Gasteiger partial charge in [-0.3, -0.25) is 0 Å². The Morgan fingerprint density at radius 1 is 1.00 bits per heavy atom. The third-order valence-electron chi connectivity index (χ3n) is 3.87. The van der Waals surface area contributed by atoms with Crippen molar-refractivity contribution in [3.8, 4) is 0 Å². The first-order chi connectivity index (χ1) is 8.24. The molecule has 1 rings (SSSR count). The van der Waals surface area contributed by atoms with Gasteiger partial charge in [0.05, 0.1) is 0 Å². The summed E-state index contributed by atoms with van der Waals surface area (Å²) in [5.74, 6) is 0. The monoisotopic (exact) mass is 247 g/mol. The minimum absolute atomic E-state index is 0.241. The molecular weight excluding hydrogens is 218 g/mol. The third kappa shape index (κ3) is 3.84. The number of benzene rings is 1. The van der Waals surface area contributed by atoms with Crippen molar-refractivity contribution >= 4 is 0 Å². The van der Waals surface area contributed by atoms with Gasteiger partial charge in [0.1, 0.15) is 0 Å². The highest BCUT2D eigenvalue weighted by Gasteiger charge is 2.22. The highest BCUT2D eigenvalue weighted by molar-refractivity contribution is 5.40. The second-order valence-electron chi connectivity index (χ2n) is 6.49. The van der Waals surface area contributed by atoms with Gasteiger partial charge in [-0.1, -0.05) is 39.8 Å². The fourth-order valence-electron chi connectivity index (χ4n) is 2.50. The van der Waals surface area contributed by atoms with Gasteiger partial charge in [-0.15, -0.1) is 0 Å². The van der Waals surface area contributed by atoms with Crippen molar-refractivity contribution in [1.29, 1.82) is 0 Å². The molecule has 0 saturated carbocycles. The lowest BCUT2D eigenvalue weighted by atomic mass is 9.78. The van der Waals surface area contributed by atoms with Crippen molar-refractivity contribution in [3.05, 3.63) is 34.4 Å². The van der Waals surface area contributed by atoms with Crippen molar-refractivity contribution < 1.29 is 0 Å². The van der Waals surface area contributed by atoms with E-state index in [9.17, 15) is 0 Å². The maximum absolute atomic E-state index is 3.52. The average Bonchev–Trinajstić information content (AvgIpc) is 2.22. The van der Waals surface area contributed by atoms with E-state index in [0.29, 0.717) is 6.04 Å². The first-order valence-corrected chi connectivity index (χ1v) is 7.06. The zero-order valence-electron chi connectivity index (χ0n) is 13.1. The predicted molar refractivity (Wildman–Crippen MR) is 81.4 cm³/mol. The Morgan fingerprint density at radius 2 is 1.56 bits per heavy atom. The summed E-state index contributed by atoms with van der Waals surface area (Å²) in [6.45, 7) is 16.8. The van der Waals surface area contributed by atoms with Crippen LogP contribution < -0.4 is 5.32 Å². The number of aryl methyl sites for hydroxylation is 3. The molecule has 18 heavy (non-hydrogen) atoms. The Kier molecular flexibility index (Phi) is 4.98. The first-order valence-electron chi connectivity index (χ1n) is 7.06. The largest absolute Gasteiger partial charge is 0.315 e. The lowest BCUT2D eigenvalue weighted by Gasteiger charge is -2.28. The van der Waals surface area contributed by atoms with Gasteiger partial charge in [0.25, 0.3) is 0 Å². The summed E-state index contributed by atoms with van der Waals surface area (Å²) in [4.78, 5) is 0. The topological polar surface area (TPSA) is 12.0 Å². The molecule has 0 radical (unpaired) electrons. The molecule has 0 atom stereocenters. The molecule has 1 aromatic rings. The molecule has 0 aliphatic rings. The maximum atomic E-state index is 3.52. The summed E-state index contributed by atoms with van der Waals surface area (Å²) in [6, 6.07) is 5.27. The highest BCUT2D eigenvalue weighted by atomic mass is 14.9. The molecule has 102 valence electrons. The van der Waals surface area contributed by atoms with E-state index in [4.69, 9.17) is 0 Å². The second kappa shape index (κ2) is 5.88. The quantitative estimate of drug-likeness (QED) is 0.819. The summed E-state index contributed by atoms with van der Waals surface area (Å²) in [5.41, 5.74) is 5.96. The SMILES string of the molecule is Cc1cc(C)c(C(C)(C)CCNC(C)C)cc1C. The molecule has 1 aromatic carbocycles. The summed E-state index contributed by atoms with van der Waals surface area (Å²) in [5, 5.41) is 3.52. The minimum atomic E-state index is 0.241. The second-order valence-corrected chi connectivity index (χ2v) is 6.49. The van der Waals surface area contributed by atoms with Crippen LogP contribution in [0.5, 0.6) is 0 Å². The van der Waals surface area contributed by atoms with Gasteiger partial charge in [-0.05, 0) is 61.4 Å². The van der Waals surface area contributed by atoms with Crippen LogP contribution in [0.1, 0.15) is 56.4 Å². The molecule has 1 N–H and O–H groups in total. The van der Waals surface area contributed by atoms with Crippen LogP contribution >= 0.6 is 0 Å². The van der Waals surface area contributed by atoms with E-state index in [-0.39, 0.29) is 5.41 Å². The Morgan fingerprint density at radius 3 is 2.11 bits per heavy atom. The van der Waals surface area contributed by atoms with Crippen molar-refractivity contribution in [3.63, 3.8) is 0 Å².